The van der Waals surface area contributed by atoms with Crippen molar-refractivity contribution in [3.8, 4) is 0 Å². The number of thiophene rings is 1. The SMILES string of the molecule is CCC(C)(C(=O)Cc1ccc(Cl)s1)N(C)C. The average Bonchev–Trinajstić information content (AvgIpc) is 2.62. The molecule has 90 valence electrons. The second kappa shape index (κ2) is 5.30. The summed E-state index contributed by atoms with van der Waals surface area (Å²) >= 11 is 7.33. The van der Waals surface area contributed by atoms with Crippen LogP contribution >= 0.6 is 22.9 Å². The molecule has 4 heteroatoms. The molecule has 0 aliphatic rings. The minimum atomic E-state index is -0.379. The smallest absolute Gasteiger partial charge is 0.157 e. The number of ketones is 1. The number of hydrogen-bond donors (Lipinski definition) is 0. The molecule has 0 aromatic carbocycles. The molecule has 1 atom stereocenters. The van der Waals surface area contributed by atoms with Crippen LogP contribution in [0.2, 0.25) is 4.34 Å². The van der Waals surface area contributed by atoms with Gasteiger partial charge in [0, 0.05) is 11.3 Å². The summed E-state index contributed by atoms with van der Waals surface area (Å²) in [6.45, 7) is 4.03. The van der Waals surface area contributed by atoms with Crippen LogP contribution in [0.15, 0.2) is 12.1 Å². The Hall–Kier alpha value is -0.380. The summed E-state index contributed by atoms with van der Waals surface area (Å²) in [5.41, 5.74) is -0.379. The second-order valence-corrected chi connectivity index (χ2v) is 6.13. The Morgan fingerprint density at radius 1 is 1.50 bits per heavy atom. The zero-order valence-corrected chi connectivity index (χ0v) is 11.8. The van der Waals surface area contributed by atoms with Crippen LogP contribution in [0.25, 0.3) is 0 Å². The first-order chi connectivity index (χ1) is 7.40. The Labute approximate surface area is 106 Å². The number of carbonyl (C=O) groups excluding carboxylic acids is 1. The lowest BCUT2D eigenvalue weighted by Crippen LogP contribution is -2.48. The lowest BCUT2D eigenvalue weighted by molar-refractivity contribution is -0.128. The highest BCUT2D eigenvalue weighted by atomic mass is 35.5. The molecule has 16 heavy (non-hydrogen) atoms. The molecule has 0 N–H and O–H groups in total. The van der Waals surface area contributed by atoms with Crippen molar-refractivity contribution in [1.29, 1.82) is 0 Å². The van der Waals surface area contributed by atoms with Crippen molar-refractivity contribution in [1.82, 2.24) is 4.90 Å². The average molecular weight is 260 g/mol. The Balaban J connectivity index is 2.78. The van der Waals surface area contributed by atoms with Gasteiger partial charge in [0.15, 0.2) is 5.78 Å². The summed E-state index contributed by atoms with van der Waals surface area (Å²) in [5, 5.41) is 0. The zero-order valence-electron chi connectivity index (χ0n) is 10.2. The van der Waals surface area contributed by atoms with Gasteiger partial charge < -0.3 is 0 Å². The second-order valence-electron chi connectivity index (χ2n) is 4.33. The first-order valence-corrected chi connectivity index (χ1v) is 6.54. The quantitative estimate of drug-likeness (QED) is 0.809. The van der Waals surface area contributed by atoms with E-state index in [0.717, 1.165) is 15.6 Å². The third-order valence-corrected chi connectivity index (χ3v) is 4.47. The van der Waals surface area contributed by atoms with Crippen molar-refractivity contribution >= 4 is 28.7 Å². The summed E-state index contributed by atoms with van der Waals surface area (Å²) in [4.78, 5) is 15.3. The third-order valence-electron chi connectivity index (χ3n) is 3.24. The van der Waals surface area contributed by atoms with Gasteiger partial charge in [-0.05, 0) is 39.6 Å². The van der Waals surface area contributed by atoms with Crippen molar-refractivity contribution < 1.29 is 4.79 Å². The zero-order chi connectivity index (χ0) is 12.3. The van der Waals surface area contributed by atoms with Crippen LogP contribution in [-0.2, 0) is 11.2 Å². The molecule has 0 radical (unpaired) electrons. The molecule has 0 saturated carbocycles. The topological polar surface area (TPSA) is 20.3 Å². The summed E-state index contributed by atoms with van der Waals surface area (Å²) in [6.07, 6.45) is 1.29. The number of carbonyl (C=O) groups is 1. The number of halogens is 1. The lowest BCUT2D eigenvalue weighted by atomic mass is 9.89. The Morgan fingerprint density at radius 3 is 2.50 bits per heavy atom. The molecule has 0 saturated heterocycles. The largest absolute Gasteiger partial charge is 0.297 e. The molecule has 1 unspecified atom stereocenters. The van der Waals surface area contributed by atoms with Crippen LogP contribution in [0.4, 0.5) is 0 Å². The minimum absolute atomic E-state index is 0.249. The Kier molecular flexibility index (Phi) is 4.53. The maximum atomic E-state index is 12.2. The van der Waals surface area contributed by atoms with Crippen LogP contribution in [0, 0.1) is 0 Å². The van der Waals surface area contributed by atoms with Gasteiger partial charge in [-0.2, -0.15) is 0 Å². The molecule has 0 aliphatic carbocycles. The van der Waals surface area contributed by atoms with Crippen molar-refractivity contribution in [2.75, 3.05) is 14.1 Å². The number of rotatable bonds is 5. The van der Waals surface area contributed by atoms with E-state index in [1.165, 1.54) is 11.3 Å². The van der Waals surface area contributed by atoms with Crippen molar-refractivity contribution in [3.63, 3.8) is 0 Å². The van der Waals surface area contributed by atoms with Gasteiger partial charge in [-0.15, -0.1) is 11.3 Å². The van der Waals surface area contributed by atoms with Gasteiger partial charge in [0.25, 0.3) is 0 Å². The van der Waals surface area contributed by atoms with Crippen LogP contribution in [-0.4, -0.2) is 30.3 Å². The molecular weight excluding hydrogens is 242 g/mol. The van der Waals surface area contributed by atoms with Gasteiger partial charge >= 0.3 is 0 Å². The predicted octanol–water partition coefficient (Wildman–Crippen LogP) is 3.24. The Morgan fingerprint density at radius 2 is 2.12 bits per heavy atom. The summed E-state index contributed by atoms with van der Waals surface area (Å²) < 4.78 is 0.742. The maximum Gasteiger partial charge on any atom is 0.157 e. The fraction of sp³-hybridized carbons (Fsp3) is 0.583. The van der Waals surface area contributed by atoms with Gasteiger partial charge in [-0.25, -0.2) is 0 Å². The van der Waals surface area contributed by atoms with Gasteiger partial charge in [0.05, 0.1) is 9.88 Å². The fourth-order valence-electron chi connectivity index (χ4n) is 1.56. The maximum absolute atomic E-state index is 12.2. The highest BCUT2D eigenvalue weighted by Gasteiger charge is 2.33. The van der Waals surface area contributed by atoms with E-state index >= 15 is 0 Å². The van der Waals surface area contributed by atoms with E-state index in [0.29, 0.717) is 6.42 Å². The molecule has 0 amide bonds. The predicted molar refractivity (Wildman–Crippen MR) is 70.4 cm³/mol. The molecule has 1 aromatic rings. The summed E-state index contributed by atoms with van der Waals surface area (Å²) in [5.74, 6) is 0.249. The van der Waals surface area contributed by atoms with E-state index in [9.17, 15) is 4.79 Å². The van der Waals surface area contributed by atoms with Crippen molar-refractivity contribution in [2.24, 2.45) is 0 Å². The molecule has 1 rings (SSSR count). The Bertz CT molecular complexity index is 375. The molecule has 0 aliphatic heterocycles. The monoisotopic (exact) mass is 259 g/mol. The van der Waals surface area contributed by atoms with Crippen LogP contribution in [0.5, 0.6) is 0 Å². The van der Waals surface area contributed by atoms with E-state index in [1.54, 1.807) is 0 Å². The summed E-state index contributed by atoms with van der Waals surface area (Å²) in [7, 11) is 3.89. The van der Waals surface area contributed by atoms with Crippen molar-refractivity contribution in [2.45, 2.75) is 32.2 Å². The van der Waals surface area contributed by atoms with Crippen LogP contribution < -0.4 is 0 Å². The summed E-state index contributed by atoms with van der Waals surface area (Å²) in [6, 6.07) is 3.77. The number of nitrogens with zero attached hydrogens (tertiary/aromatic N) is 1. The standard InChI is InChI=1S/C12H18ClNOS/c1-5-12(2,14(3)4)10(15)8-9-6-7-11(13)16-9/h6-7H,5,8H2,1-4H3. The first kappa shape index (κ1) is 13.7. The van der Waals surface area contributed by atoms with E-state index in [1.807, 2.05) is 45.0 Å². The molecule has 0 bridgehead atoms. The molecule has 0 fully saturated rings. The van der Waals surface area contributed by atoms with Gasteiger partial charge in [-0.3, -0.25) is 9.69 Å². The van der Waals surface area contributed by atoms with E-state index in [-0.39, 0.29) is 11.3 Å². The highest BCUT2D eigenvalue weighted by molar-refractivity contribution is 7.16. The molecule has 0 spiro atoms. The van der Waals surface area contributed by atoms with Gasteiger partial charge in [0.2, 0.25) is 0 Å². The fourth-order valence-corrected chi connectivity index (χ4v) is 2.64. The van der Waals surface area contributed by atoms with E-state index in [4.69, 9.17) is 11.6 Å². The number of likely N-dealkylation sites (N-methyl/N-ethyl adjacent to an activating group) is 1. The first-order valence-electron chi connectivity index (χ1n) is 5.35. The van der Waals surface area contributed by atoms with Crippen molar-refractivity contribution in [3.05, 3.63) is 21.3 Å². The normalized spacial score (nSPS) is 15.1. The van der Waals surface area contributed by atoms with E-state index in [2.05, 4.69) is 0 Å². The van der Waals surface area contributed by atoms with Crippen LogP contribution in [0.1, 0.15) is 25.1 Å². The molecule has 1 aromatic heterocycles. The van der Waals surface area contributed by atoms with E-state index < -0.39 is 0 Å². The lowest BCUT2D eigenvalue weighted by Gasteiger charge is -2.33. The third kappa shape index (κ3) is 2.84. The van der Waals surface area contributed by atoms with Gasteiger partial charge in [0.1, 0.15) is 0 Å². The number of Topliss-reactive ketones (excluding diaryl/α,β-unsaturated/α-hetero) is 1. The number of hydrogen-bond acceptors (Lipinski definition) is 3. The minimum Gasteiger partial charge on any atom is -0.297 e. The highest BCUT2D eigenvalue weighted by Crippen LogP contribution is 2.25. The van der Waals surface area contributed by atoms with Crippen LogP contribution in [0.3, 0.4) is 0 Å². The molecular formula is C12H18ClNOS. The molecule has 1 heterocycles. The molecule has 2 nitrogen and oxygen atoms in total. The van der Waals surface area contributed by atoms with Gasteiger partial charge in [-0.1, -0.05) is 18.5 Å².